The molecule has 2 unspecified atom stereocenters. The molecule has 0 amide bonds. The highest BCUT2D eigenvalue weighted by molar-refractivity contribution is 5.39. The quantitative estimate of drug-likeness (QED) is 0.612. The molecule has 2 atom stereocenters. The van der Waals surface area contributed by atoms with E-state index >= 15 is 0 Å². The Balaban J connectivity index is 2.27. The molecule has 0 fully saturated rings. The second-order valence-corrected chi connectivity index (χ2v) is 4.61. The molecule has 0 spiro atoms. The number of methoxy groups -OCH3 is 1. The first-order valence-corrected chi connectivity index (χ1v) is 6.52. The number of rotatable bonds is 9. The molecule has 108 valence electrons. The summed E-state index contributed by atoms with van der Waals surface area (Å²) < 4.78 is 10.7. The molecule has 0 bridgehead atoms. The van der Waals surface area contributed by atoms with Crippen molar-refractivity contribution < 1.29 is 14.6 Å². The van der Waals surface area contributed by atoms with E-state index in [9.17, 15) is 5.11 Å². The van der Waals surface area contributed by atoms with Crippen molar-refractivity contribution >= 4 is 0 Å². The summed E-state index contributed by atoms with van der Waals surface area (Å²) in [6, 6.07) is 7.38. The van der Waals surface area contributed by atoms with Gasteiger partial charge in [-0.15, -0.1) is 0 Å². The monoisotopic (exact) mass is 268 g/mol. The standard InChI is InChI=1S/C14H24N2O3/c1-11(7-15)8-16-9-12(17)10-19-14-6-4-3-5-13(14)18-2/h3-6,11-12,16-17H,7-10,15H2,1-2H3. The average molecular weight is 268 g/mol. The van der Waals surface area contributed by atoms with Gasteiger partial charge in [0.1, 0.15) is 12.7 Å². The molecule has 0 aliphatic rings. The van der Waals surface area contributed by atoms with Crippen LogP contribution in [0, 0.1) is 5.92 Å². The van der Waals surface area contributed by atoms with E-state index in [1.807, 2.05) is 24.3 Å². The highest BCUT2D eigenvalue weighted by Crippen LogP contribution is 2.25. The molecule has 0 aliphatic carbocycles. The molecule has 5 nitrogen and oxygen atoms in total. The van der Waals surface area contributed by atoms with Crippen LogP contribution in [-0.4, -0.2) is 44.6 Å². The second kappa shape index (κ2) is 8.74. The number of hydrogen-bond donors (Lipinski definition) is 3. The highest BCUT2D eigenvalue weighted by Gasteiger charge is 2.08. The van der Waals surface area contributed by atoms with Crippen molar-refractivity contribution in [3.8, 4) is 11.5 Å². The smallest absolute Gasteiger partial charge is 0.161 e. The zero-order valence-electron chi connectivity index (χ0n) is 11.6. The number of para-hydroxylation sites is 2. The van der Waals surface area contributed by atoms with E-state index in [1.165, 1.54) is 0 Å². The van der Waals surface area contributed by atoms with Crippen LogP contribution in [-0.2, 0) is 0 Å². The van der Waals surface area contributed by atoms with Gasteiger partial charge in [0.15, 0.2) is 11.5 Å². The Morgan fingerprint density at radius 2 is 1.95 bits per heavy atom. The fourth-order valence-electron chi connectivity index (χ4n) is 1.56. The van der Waals surface area contributed by atoms with Gasteiger partial charge in [-0.1, -0.05) is 19.1 Å². The zero-order valence-corrected chi connectivity index (χ0v) is 11.6. The van der Waals surface area contributed by atoms with Crippen LogP contribution < -0.4 is 20.5 Å². The van der Waals surface area contributed by atoms with E-state index in [1.54, 1.807) is 7.11 Å². The van der Waals surface area contributed by atoms with Crippen LogP contribution in [0.15, 0.2) is 24.3 Å². The Morgan fingerprint density at radius 3 is 2.58 bits per heavy atom. The Hall–Kier alpha value is -1.30. The molecular weight excluding hydrogens is 244 g/mol. The van der Waals surface area contributed by atoms with Crippen LogP contribution in [0.1, 0.15) is 6.92 Å². The summed E-state index contributed by atoms with van der Waals surface area (Å²) in [5, 5.41) is 13.0. The Morgan fingerprint density at radius 1 is 1.26 bits per heavy atom. The lowest BCUT2D eigenvalue weighted by Crippen LogP contribution is -2.35. The fraction of sp³-hybridized carbons (Fsp3) is 0.571. The largest absolute Gasteiger partial charge is 0.493 e. The predicted octanol–water partition coefficient (Wildman–Crippen LogP) is 0.619. The summed E-state index contributed by atoms with van der Waals surface area (Å²) in [6.07, 6.45) is -0.560. The van der Waals surface area contributed by atoms with Gasteiger partial charge < -0.3 is 25.6 Å². The lowest BCUT2D eigenvalue weighted by Gasteiger charge is -2.16. The SMILES string of the molecule is COc1ccccc1OCC(O)CNCC(C)CN. The molecule has 0 saturated heterocycles. The van der Waals surface area contributed by atoms with Gasteiger partial charge in [-0.05, 0) is 31.1 Å². The fourth-order valence-corrected chi connectivity index (χ4v) is 1.56. The minimum Gasteiger partial charge on any atom is -0.493 e. The van der Waals surface area contributed by atoms with Gasteiger partial charge in [0.25, 0.3) is 0 Å². The predicted molar refractivity (Wildman–Crippen MR) is 75.6 cm³/mol. The van der Waals surface area contributed by atoms with Gasteiger partial charge in [0.2, 0.25) is 0 Å². The third kappa shape index (κ3) is 5.92. The van der Waals surface area contributed by atoms with E-state index in [2.05, 4.69) is 12.2 Å². The molecule has 0 aromatic heterocycles. The van der Waals surface area contributed by atoms with E-state index in [0.29, 0.717) is 30.5 Å². The van der Waals surface area contributed by atoms with Crippen LogP contribution in [0.5, 0.6) is 11.5 Å². The number of benzene rings is 1. The molecule has 4 N–H and O–H groups in total. The molecule has 0 saturated carbocycles. The normalized spacial score (nSPS) is 13.9. The maximum Gasteiger partial charge on any atom is 0.161 e. The van der Waals surface area contributed by atoms with Crippen molar-refractivity contribution in [2.24, 2.45) is 11.7 Å². The average Bonchev–Trinajstić information content (AvgIpc) is 2.45. The Labute approximate surface area is 114 Å². The third-order valence-corrected chi connectivity index (χ3v) is 2.78. The van der Waals surface area contributed by atoms with Gasteiger partial charge >= 0.3 is 0 Å². The van der Waals surface area contributed by atoms with Gasteiger partial charge in [-0.2, -0.15) is 0 Å². The maximum absolute atomic E-state index is 9.80. The first kappa shape index (κ1) is 15.8. The molecule has 1 rings (SSSR count). The number of hydrogen-bond acceptors (Lipinski definition) is 5. The first-order chi connectivity index (χ1) is 9.17. The van der Waals surface area contributed by atoms with Gasteiger partial charge in [0.05, 0.1) is 7.11 Å². The van der Waals surface area contributed by atoms with Crippen molar-refractivity contribution in [3.63, 3.8) is 0 Å². The van der Waals surface area contributed by atoms with Crippen LogP contribution >= 0.6 is 0 Å². The van der Waals surface area contributed by atoms with Crippen LogP contribution in [0.25, 0.3) is 0 Å². The Bertz CT molecular complexity index is 360. The topological polar surface area (TPSA) is 76.7 Å². The molecule has 0 aliphatic heterocycles. The van der Waals surface area contributed by atoms with Crippen molar-refractivity contribution in [2.45, 2.75) is 13.0 Å². The van der Waals surface area contributed by atoms with E-state index in [4.69, 9.17) is 15.2 Å². The van der Waals surface area contributed by atoms with Gasteiger partial charge in [0, 0.05) is 6.54 Å². The summed E-state index contributed by atoms with van der Waals surface area (Å²) in [6.45, 7) is 4.21. The van der Waals surface area contributed by atoms with Crippen molar-refractivity contribution in [2.75, 3.05) is 33.4 Å². The number of nitrogens with one attached hydrogen (secondary N) is 1. The van der Waals surface area contributed by atoms with Gasteiger partial charge in [-0.25, -0.2) is 0 Å². The molecule has 1 aromatic rings. The van der Waals surface area contributed by atoms with Crippen molar-refractivity contribution in [1.82, 2.24) is 5.32 Å². The van der Waals surface area contributed by atoms with Crippen LogP contribution in [0.4, 0.5) is 0 Å². The lowest BCUT2D eigenvalue weighted by atomic mass is 10.2. The third-order valence-electron chi connectivity index (χ3n) is 2.78. The number of ether oxygens (including phenoxy) is 2. The Kier molecular flexibility index (Phi) is 7.25. The van der Waals surface area contributed by atoms with E-state index in [-0.39, 0.29) is 6.61 Å². The first-order valence-electron chi connectivity index (χ1n) is 6.52. The minimum atomic E-state index is -0.560. The number of aliphatic hydroxyl groups is 1. The van der Waals surface area contributed by atoms with Crippen molar-refractivity contribution in [3.05, 3.63) is 24.3 Å². The number of aliphatic hydroxyl groups excluding tert-OH is 1. The lowest BCUT2D eigenvalue weighted by molar-refractivity contribution is 0.104. The van der Waals surface area contributed by atoms with Gasteiger partial charge in [-0.3, -0.25) is 0 Å². The minimum absolute atomic E-state index is 0.227. The second-order valence-electron chi connectivity index (χ2n) is 4.61. The highest BCUT2D eigenvalue weighted by atomic mass is 16.5. The maximum atomic E-state index is 9.80. The van der Waals surface area contributed by atoms with Crippen LogP contribution in [0.3, 0.4) is 0 Å². The summed E-state index contributed by atoms with van der Waals surface area (Å²) >= 11 is 0. The molecule has 0 radical (unpaired) electrons. The van der Waals surface area contributed by atoms with E-state index < -0.39 is 6.10 Å². The number of nitrogens with two attached hydrogens (primary N) is 1. The van der Waals surface area contributed by atoms with Crippen LogP contribution in [0.2, 0.25) is 0 Å². The summed E-state index contributed by atoms with van der Waals surface area (Å²) in [5.41, 5.74) is 5.51. The molecular formula is C14H24N2O3. The van der Waals surface area contributed by atoms with E-state index in [0.717, 1.165) is 6.54 Å². The van der Waals surface area contributed by atoms with Crippen molar-refractivity contribution in [1.29, 1.82) is 0 Å². The molecule has 0 heterocycles. The molecule has 19 heavy (non-hydrogen) atoms. The summed E-state index contributed by atoms with van der Waals surface area (Å²) in [4.78, 5) is 0. The molecule has 1 aromatic carbocycles. The summed E-state index contributed by atoms with van der Waals surface area (Å²) in [5.74, 6) is 1.71. The molecule has 5 heteroatoms. The zero-order chi connectivity index (χ0) is 14.1. The summed E-state index contributed by atoms with van der Waals surface area (Å²) in [7, 11) is 1.59.